The van der Waals surface area contributed by atoms with Crippen molar-refractivity contribution in [3.63, 3.8) is 0 Å². The Hall–Kier alpha value is -1.32. The summed E-state index contributed by atoms with van der Waals surface area (Å²) in [5, 5.41) is 6.95. The van der Waals surface area contributed by atoms with E-state index in [0.717, 1.165) is 25.2 Å². The molecule has 0 unspecified atom stereocenters. The number of nitrogens with zero attached hydrogens (tertiary/aromatic N) is 2. The molecule has 0 aliphatic carbocycles. The topological polar surface area (TPSA) is 46.9 Å². The Kier molecular flexibility index (Phi) is 3.68. The molecule has 1 aromatic rings. The lowest BCUT2D eigenvalue weighted by Crippen LogP contribution is -2.24. The van der Waals surface area contributed by atoms with Gasteiger partial charge >= 0.3 is 0 Å². The van der Waals surface area contributed by atoms with Crippen LogP contribution in [0.1, 0.15) is 36.3 Å². The standard InChI is InChI=1S/C10H17N3O/c1-4-6-11-10(14)9-7-12-13(5-2)8(9)3/h7H,4-6H2,1-3H3,(H,11,14). The van der Waals surface area contributed by atoms with Crippen molar-refractivity contribution in [1.82, 2.24) is 15.1 Å². The zero-order chi connectivity index (χ0) is 10.6. The first-order chi connectivity index (χ1) is 6.70. The van der Waals surface area contributed by atoms with Gasteiger partial charge in [0, 0.05) is 18.8 Å². The quantitative estimate of drug-likeness (QED) is 0.788. The van der Waals surface area contributed by atoms with Crippen LogP contribution in [0.5, 0.6) is 0 Å². The average Bonchev–Trinajstić information content (AvgIpc) is 2.56. The fraction of sp³-hybridized carbons (Fsp3) is 0.600. The molecule has 0 radical (unpaired) electrons. The third-order valence-electron chi connectivity index (χ3n) is 2.18. The Morgan fingerprint density at radius 2 is 2.29 bits per heavy atom. The van der Waals surface area contributed by atoms with Crippen molar-refractivity contribution < 1.29 is 4.79 Å². The average molecular weight is 195 g/mol. The summed E-state index contributed by atoms with van der Waals surface area (Å²) < 4.78 is 1.82. The minimum absolute atomic E-state index is 0.0240. The van der Waals surface area contributed by atoms with Gasteiger partial charge in [-0.25, -0.2) is 0 Å². The van der Waals surface area contributed by atoms with E-state index in [0.29, 0.717) is 5.56 Å². The highest BCUT2D eigenvalue weighted by Crippen LogP contribution is 2.06. The van der Waals surface area contributed by atoms with E-state index < -0.39 is 0 Å². The second-order valence-electron chi connectivity index (χ2n) is 3.22. The lowest BCUT2D eigenvalue weighted by molar-refractivity contribution is 0.0953. The Bertz CT molecular complexity index is 317. The molecule has 0 spiro atoms. The minimum Gasteiger partial charge on any atom is -0.352 e. The highest BCUT2D eigenvalue weighted by Gasteiger charge is 2.12. The second-order valence-corrected chi connectivity index (χ2v) is 3.22. The molecule has 1 N–H and O–H groups in total. The maximum atomic E-state index is 11.6. The molecule has 0 atom stereocenters. The van der Waals surface area contributed by atoms with Gasteiger partial charge in [-0.1, -0.05) is 6.92 Å². The molecule has 0 saturated carbocycles. The monoisotopic (exact) mass is 195 g/mol. The van der Waals surface area contributed by atoms with E-state index in [1.807, 2.05) is 25.5 Å². The van der Waals surface area contributed by atoms with Gasteiger partial charge < -0.3 is 5.32 Å². The molecule has 4 nitrogen and oxygen atoms in total. The molecule has 1 heterocycles. The summed E-state index contributed by atoms with van der Waals surface area (Å²) in [6.07, 6.45) is 2.58. The fourth-order valence-corrected chi connectivity index (χ4v) is 1.32. The predicted octanol–water partition coefficient (Wildman–Crippen LogP) is 1.35. The fourth-order valence-electron chi connectivity index (χ4n) is 1.32. The smallest absolute Gasteiger partial charge is 0.254 e. The van der Waals surface area contributed by atoms with Gasteiger partial charge in [0.05, 0.1) is 11.8 Å². The van der Waals surface area contributed by atoms with Crippen molar-refractivity contribution in [3.05, 3.63) is 17.5 Å². The van der Waals surface area contributed by atoms with Gasteiger partial charge in [0.15, 0.2) is 0 Å². The van der Waals surface area contributed by atoms with Crippen molar-refractivity contribution in [2.45, 2.75) is 33.7 Å². The first-order valence-electron chi connectivity index (χ1n) is 5.01. The maximum absolute atomic E-state index is 11.6. The highest BCUT2D eigenvalue weighted by molar-refractivity contribution is 5.94. The number of rotatable bonds is 4. The SMILES string of the molecule is CCCNC(=O)c1cnn(CC)c1C. The van der Waals surface area contributed by atoms with Crippen LogP contribution in [0.15, 0.2) is 6.20 Å². The predicted molar refractivity (Wildman–Crippen MR) is 55.3 cm³/mol. The summed E-state index contributed by atoms with van der Waals surface area (Å²) in [6, 6.07) is 0. The summed E-state index contributed by atoms with van der Waals surface area (Å²) in [6.45, 7) is 7.47. The molecule has 14 heavy (non-hydrogen) atoms. The largest absolute Gasteiger partial charge is 0.352 e. The Morgan fingerprint density at radius 1 is 1.57 bits per heavy atom. The molecule has 78 valence electrons. The second kappa shape index (κ2) is 4.79. The molecule has 1 amide bonds. The van der Waals surface area contributed by atoms with Gasteiger partial charge in [-0.2, -0.15) is 5.10 Å². The normalized spacial score (nSPS) is 10.2. The van der Waals surface area contributed by atoms with Crippen molar-refractivity contribution >= 4 is 5.91 Å². The number of nitrogens with one attached hydrogen (secondary N) is 1. The van der Waals surface area contributed by atoms with E-state index in [1.54, 1.807) is 6.20 Å². The number of amides is 1. The van der Waals surface area contributed by atoms with Gasteiger partial charge in [-0.15, -0.1) is 0 Å². The van der Waals surface area contributed by atoms with Crippen molar-refractivity contribution in [2.75, 3.05) is 6.54 Å². The highest BCUT2D eigenvalue weighted by atomic mass is 16.1. The Labute approximate surface area is 84.3 Å². The summed E-state index contributed by atoms with van der Waals surface area (Å²) in [5.41, 5.74) is 1.61. The molecule has 0 aliphatic heterocycles. The molecule has 1 rings (SSSR count). The number of hydrogen-bond donors (Lipinski definition) is 1. The number of carbonyl (C=O) groups is 1. The first kappa shape index (κ1) is 10.8. The first-order valence-corrected chi connectivity index (χ1v) is 5.01. The zero-order valence-electron chi connectivity index (χ0n) is 9.00. The molecule has 0 aromatic carbocycles. The Morgan fingerprint density at radius 3 is 2.79 bits per heavy atom. The van der Waals surface area contributed by atoms with Gasteiger partial charge in [0.2, 0.25) is 0 Å². The van der Waals surface area contributed by atoms with Gasteiger partial charge in [-0.05, 0) is 20.3 Å². The maximum Gasteiger partial charge on any atom is 0.254 e. The number of aryl methyl sites for hydroxylation is 1. The lowest BCUT2D eigenvalue weighted by atomic mass is 10.2. The van der Waals surface area contributed by atoms with Crippen molar-refractivity contribution in [3.8, 4) is 0 Å². The summed E-state index contributed by atoms with van der Waals surface area (Å²) in [7, 11) is 0. The van der Waals surface area contributed by atoms with Crippen LogP contribution >= 0.6 is 0 Å². The summed E-state index contributed by atoms with van der Waals surface area (Å²) in [5.74, 6) is -0.0240. The van der Waals surface area contributed by atoms with Gasteiger partial charge in [-0.3, -0.25) is 9.48 Å². The molecule has 0 aliphatic rings. The van der Waals surface area contributed by atoms with E-state index in [1.165, 1.54) is 0 Å². The van der Waals surface area contributed by atoms with Crippen molar-refractivity contribution in [2.24, 2.45) is 0 Å². The van der Waals surface area contributed by atoms with E-state index >= 15 is 0 Å². The molecular weight excluding hydrogens is 178 g/mol. The Balaban J connectivity index is 2.75. The van der Waals surface area contributed by atoms with E-state index in [-0.39, 0.29) is 5.91 Å². The summed E-state index contributed by atoms with van der Waals surface area (Å²) >= 11 is 0. The number of carbonyl (C=O) groups excluding carboxylic acids is 1. The van der Waals surface area contributed by atoms with Crippen LogP contribution in [0.25, 0.3) is 0 Å². The molecule has 1 aromatic heterocycles. The zero-order valence-corrected chi connectivity index (χ0v) is 9.00. The van der Waals surface area contributed by atoms with E-state index in [4.69, 9.17) is 0 Å². The molecular formula is C10H17N3O. The molecule has 0 fully saturated rings. The van der Waals surface area contributed by atoms with Crippen LogP contribution in [0.3, 0.4) is 0 Å². The van der Waals surface area contributed by atoms with Crippen LogP contribution < -0.4 is 5.32 Å². The van der Waals surface area contributed by atoms with Crippen LogP contribution in [-0.2, 0) is 6.54 Å². The lowest BCUT2D eigenvalue weighted by Gasteiger charge is -2.03. The van der Waals surface area contributed by atoms with E-state index in [2.05, 4.69) is 10.4 Å². The van der Waals surface area contributed by atoms with Crippen LogP contribution in [0, 0.1) is 6.92 Å². The van der Waals surface area contributed by atoms with Crippen LogP contribution in [0.2, 0.25) is 0 Å². The van der Waals surface area contributed by atoms with Crippen LogP contribution in [-0.4, -0.2) is 22.2 Å². The molecule has 0 saturated heterocycles. The minimum atomic E-state index is -0.0240. The molecule has 4 heteroatoms. The molecule has 0 bridgehead atoms. The number of hydrogen-bond acceptors (Lipinski definition) is 2. The van der Waals surface area contributed by atoms with Gasteiger partial charge in [0.1, 0.15) is 0 Å². The summed E-state index contributed by atoms with van der Waals surface area (Å²) in [4.78, 5) is 11.6. The van der Waals surface area contributed by atoms with Crippen molar-refractivity contribution in [1.29, 1.82) is 0 Å². The van der Waals surface area contributed by atoms with E-state index in [9.17, 15) is 4.79 Å². The number of aromatic nitrogens is 2. The third kappa shape index (κ3) is 2.13. The van der Waals surface area contributed by atoms with Crippen LogP contribution in [0.4, 0.5) is 0 Å². The third-order valence-corrected chi connectivity index (χ3v) is 2.18. The van der Waals surface area contributed by atoms with Gasteiger partial charge in [0.25, 0.3) is 5.91 Å².